The monoisotopic (exact) mass is 380 g/mol. The second-order valence-corrected chi connectivity index (χ2v) is 5.61. The number of carbonyl (C=O) groups is 2. The van der Waals surface area contributed by atoms with Gasteiger partial charge in [-0.3, -0.25) is 4.79 Å². The van der Waals surface area contributed by atoms with Gasteiger partial charge in [0.2, 0.25) is 0 Å². The van der Waals surface area contributed by atoms with E-state index < -0.39 is 18.5 Å². The normalized spacial score (nSPS) is 10.5. The second-order valence-electron chi connectivity index (χ2n) is 5.61. The Morgan fingerprint density at radius 3 is 2.43 bits per heavy atom. The number of para-hydroxylation sites is 1. The fourth-order valence-corrected chi connectivity index (χ4v) is 2.31. The first-order chi connectivity index (χ1) is 13.6. The van der Waals surface area contributed by atoms with Gasteiger partial charge in [-0.15, -0.1) is 0 Å². The lowest BCUT2D eigenvalue weighted by Crippen LogP contribution is -2.28. The van der Waals surface area contributed by atoms with Crippen LogP contribution in [0.3, 0.4) is 0 Å². The van der Waals surface area contributed by atoms with Crippen molar-refractivity contribution in [2.45, 2.75) is 6.54 Å². The number of nitrogens with zero attached hydrogens (tertiary/aromatic N) is 1. The first-order valence-electron chi connectivity index (χ1n) is 8.39. The van der Waals surface area contributed by atoms with Crippen molar-refractivity contribution in [1.82, 2.24) is 5.32 Å². The van der Waals surface area contributed by atoms with Crippen LogP contribution in [0.1, 0.15) is 11.1 Å². The number of amides is 1. The Balaban J connectivity index is 1.89. The summed E-state index contributed by atoms with van der Waals surface area (Å²) >= 11 is 0. The molecule has 0 saturated carbocycles. The molecule has 7 nitrogen and oxygen atoms in total. The molecule has 0 aliphatic carbocycles. The second kappa shape index (κ2) is 10.4. The lowest BCUT2D eigenvalue weighted by molar-refractivity contribution is -0.144. The first kappa shape index (κ1) is 20.5. The quantitative estimate of drug-likeness (QED) is 0.429. The molecule has 144 valence electrons. The number of carbonyl (C=O) groups excluding carboxylic acids is 2. The van der Waals surface area contributed by atoms with Crippen molar-refractivity contribution in [1.29, 1.82) is 5.26 Å². The predicted octanol–water partition coefficient (Wildman–Crippen LogP) is 2.47. The van der Waals surface area contributed by atoms with E-state index in [1.54, 1.807) is 50.6 Å². The number of rotatable bonds is 8. The maximum absolute atomic E-state index is 12.0. The summed E-state index contributed by atoms with van der Waals surface area (Å²) in [6.07, 6.45) is 1.38. The number of hydrogen-bond donors (Lipinski definition) is 1. The van der Waals surface area contributed by atoms with Crippen LogP contribution >= 0.6 is 0 Å². The molecule has 0 radical (unpaired) electrons. The van der Waals surface area contributed by atoms with Crippen LogP contribution in [0, 0.1) is 11.3 Å². The third-order valence-corrected chi connectivity index (χ3v) is 3.77. The topological polar surface area (TPSA) is 97.6 Å². The van der Waals surface area contributed by atoms with Gasteiger partial charge in [0.05, 0.1) is 14.2 Å². The summed E-state index contributed by atoms with van der Waals surface area (Å²) in [5, 5.41) is 11.8. The van der Waals surface area contributed by atoms with E-state index in [4.69, 9.17) is 14.2 Å². The fraction of sp³-hybridized carbons (Fsp3) is 0.190. The highest BCUT2D eigenvalue weighted by Crippen LogP contribution is 2.17. The van der Waals surface area contributed by atoms with E-state index in [1.807, 2.05) is 18.2 Å². The van der Waals surface area contributed by atoms with Crippen molar-refractivity contribution in [3.8, 4) is 17.6 Å². The zero-order chi connectivity index (χ0) is 20.4. The summed E-state index contributed by atoms with van der Waals surface area (Å²) in [7, 11) is 3.09. The van der Waals surface area contributed by atoms with E-state index in [2.05, 4.69) is 5.32 Å². The summed E-state index contributed by atoms with van der Waals surface area (Å²) in [4.78, 5) is 24.0. The highest BCUT2D eigenvalue weighted by Gasteiger charge is 2.13. The van der Waals surface area contributed by atoms with Crippen LogP contribution in [0.25, 0.3) is 6.08 Å². The maximum atomic E-state index is 12.0. The van der Waals surface area contributed by atoms with E-state index in [0.29, 0.717) is 17.1 Å². The standard InChI is InChI=1S/C21H20N2O5/c1-26-18-9-7-15(8-10-18)11-17(12-22)21(25)28-14-20(24)23-13-16-5-3-4-6-19(16)27-2/h3-11H,13-14H2,1-2H3,(H,23,24)/b17-11+. The zero-order valence-corrected chi connectivity index (χ0v) is 15.6. The highest BCUT2D eigenvalue weighted by molar-refractivity contribution is 5.98. The molecule has 2 aromatic carbocycles. The van der Waals surface area contributed by atoms with Crippen LogP contribution in [0.4, 0.5) is 0 Å². The number of esters is 1. The molecule has 0 aliphatic rings. The summed E-state index contributed by atoms with van der Waals surface area (Å²) < 4.78 is 15.2. The molecule has 0 aliphatic heterocycles. The third kappa shape index (κ3) is 5.88. The van der Waals surface area contributed by atoms with E-state index in [9.17, 15) is 14.9 Å². The number of methoxy groups -OCH3 is 2. The van der Waals surface area contributed by atoms with Gasteiger partial charge >= 0.3 is 5.97 Å². The van der Waals surface area contributed by atoms with E-state index in [1.165, 1.54) is 6.08 Å². The minimum atomic E-state index is -0.870. The van der Waals surface area contributed by atoms with Gasteiger partial charge in [-0.1, -0.05) is 30.3 Å². The molecule has 0 fully saturated rings. The Kier molecular flexibility index (Phi) is 7.61. The summed E-state index contributed by atoms with van der Waals surface area (Å²) in [5.41, 5.74) is 1.22. The predicted molar refractivity (Wildman–Crippen MR) is 102 cm³/mol. The van der Waals surface area contributed by atoms with Crippen molar-refractivity contribution in [2.75, 3.05) is 20.8 Å². The Bertz CT molecular complexity index is 898. The van der Waals surface area contributed by atoms with Gasteiger partial charge in [0.25, 0.3) is 5.91 Å². The Hall–Kier alpha value is -3.79. The molecule has 7 heteroatoms. The van der Waals surface area contributed by atoms with Gasteiger partial charge < -0.3 is 19.5 Å². The van der Waals surface area contributed by atoms with Crippen molar-refractivity contribution in [2.24, 2.45) is 0 Å². The molecule has 0 heterocycles. The Morgan fingerprint density at radius 2 is 1.79 bits per heavy atom. The lowest BCUT2D eigenvalue weighted by atomic mass is 10.1. The van der Waals surface area contributed by atoms with E-state index in [0.717, 1.165) is 5.56 Å². The minimum absolute atomic E-state index is 0.206. The molecular formula is C21H20N2O5. The van der Waals surface area contributed by atoms with Crippen LogP contribution in [0.15, 0.2) is 54.1 Å². The van der Waals surface area contributed by atoms with Gasteiger partial charge in [-0.25, -0.2) is 4.79 Å². The molecule has 0 aromatic heterocycles. The van der Waals surface area contributed by atoms with Crippen LogP contribution in [-0.4, -0.2) is 32.7 Å². The zero-order valence-electron chi connectivity index (χ0n) is 15.6. The largest absolute Gasteiger partial charge is 0.497 e. The summed E-state index contributed by atoms with van der Waals surface area (Å²) in [6.45, 7) is -0.261. The van der Waals surface area contributed by atoms with E-state index in [-0.39, 0.29) is 12.1 Å². The molecule has 0 saturated heterocycles. The molecular weight excluding hydrogens is 360 g/mol. The Morgan fingerprint density at radius 1 is 1.07 bits per heavy atom. The van der Waals surface area contributed by atoms with Gasteiger partial charge in [-0.05, 0) is 29.8 Å². The maximum Gasteiger partial charge on any atom is 0.349 e. The molecule has 2 aromatic rings. The number of ether oxygens (including phenoxy) is 3. The summed E-state index contributed by atoms with van der Waals surface area (Å²) in [5.74, 6) is -0.0503. The molecule has 0 spiro atoms. The molecule has 2 rings (SSSR count). The van der Waals surface area contributed by atoms with Crippen LogP contribution in [0.2, 0.25) is 0 Å². The van der Waals surface area contributed by atoms with Gasteiger partial charge in [0, 0.05) is 12.1 Å². The molecule has 1 N–H and O–H groups in total. The molecule has 28 heavy (non-hydrogen) atoms. The minimum Gasteiger partial charge on any atom is -0.497 e. The van der Waals surface area contributed by atoms with Crippen molar-refractivity contribution in [3.05, 3.63) is 65.2 Å². The molecule has 0 atom stereocenters. The summed E-state index contributed by atoms with van der Waals surface area (Å²) in [6, 6.07) is 15.8. The number of benzene rings is 2. The van der Waals surface area contributed by atoms with Crippen LogP contribution in [0.5, 0.6) is 11.5 Å². The molecule has 1 amide bonds. The van der Waals surface area contributed by atoms with Crippen molar-refractivity contribution >= 4 is 18.0 Å². The highest BCUT2D eigenvalue weighted by atomic mass is 16.5. The lowest BCUT2D eigenvalue weighted by Gasteiger charge is -2.09. The SMILES string of the molecule is COc1ccc(/C=C(\C#N)C(=O)OCC(=O)NCc2ccccc2OC)cc1. The average Bonchev–Trinajstić information content (AvgIpc) is 2.74. The van der Waals surface area contributed by atoms with Crippen LogP contribution < -0.4 is 14.8 Å². The first-order valence-corrected chi connectivity index (χ1v) is 8.39. The van der Waals surface area contributed by atoms with Gasteiger partial charge in [0.15, 0.2) is 6.61 Å². The Labute approximate surface area is 163 Å². The fourth-order valence-electron chi connectivity index (χ4n) is 2.31. The molecule has 0 bridgehead atoms. The number of nitriles is 1. The van der Waals surface area contributed by atoms with Crippen molar-refractivity contribution < 1.29 is 23.8 Å². The number of nitrogens with one attached hydrogen (secondary N) is 1. The van der Waals surface area contributed by atoms with E-state index >= 15 is 0 Å². The van der Waals surface area contributed by atoms with Crippen molar-refractivity contribution in [3.63, 3.8) is 0 Å². The average molecular weight is 380 g/mol. The molecule has 0 unspecified atom stereocenters. The number of hydrogen-bond acceptors (Lipinski definition) is 6. The van der Waals surface area contributed by atoms with Crippen LogP contribution in [-0.2, 0) is 20.9 Å². The smallest absolute Gasteiger partial charge is 0.349 e. The van der Waals surface area contributed by atoms with Gasteiger partial charge in [0.1, 0.15) is 23.1 Å². The van der Waals surface area contributed by atoms with Gasteiger partial charge in [-0.2, -0.15) is 5.26 Å². The third-order valence-electron chi connectivity index (χ3n) is 3.77.